The number of nitrogens with zero attached hydrogens (tertiary/aromatic N) is 1. The molecule has 0 fully saturated rings. The lowest BCUT2D eigenvalue weighted by Crippen LogP contribution is -2.27. The van der Waals surface area contributed by atoms with Gasteiger partial charge in [0, 0.05) is 0 Å². The highest BCUT2D eigenvalue weighted by Crippen LogP contribution is 1.82. The predicted octanol–water partition coefficient (Wildman–Crippen LogP) is -0.492. The van der Waals surface area contributed by atoms with Crippen molar-refractivity contribution in [3.63, 3.8) is 0 Å². The monoisotopic (exact) mass is 179 g/mol. The van der Waals surface area contributed by atoms with Gasteiger partial charge in [0.25, 0.3) is 6.20 Å². The molecule has 0 rings (SSSR count). The Morgan fingerprint density at radius 3 is 2.15 bits per heavy atom. The number of nitrogens with one attached hydrogen (secondary N) is 2. The normalized spacial score (nSPS) is 7.54. The van der Waals surface area contributed by atoms with Crippen LogP contribution in [0.5, 0.6) is 0 Å². The van der Waals surface area contributed by atoms with Gasteiger partial charge in [0.2, 0.25) is 0 Å². The van der Waals surface area contributed by atoms with E-state index in [0.717, 1.165) is 6.20 Å². The summed E-state index contributed by atoms with van der Waals surface area (Å²) in [5.74, 6) is 4.77. The maximum atomic E-state index is 10.1. The highest BCUT2D eigenvalue weighted by molar-refractivity contribution is 5.01. The molecule has 5 heteroatoms. The molecule has 0 saturated carbocycles. The van der Waals surface area contributed by atoms with Crippen LogP contribution in [0.2, 0.25) is 0 Å². The lowest BCUT2D eigenvalue weighted by Gasteiger charge is -2.05. The second-order valence-corrected chi connectivity index (χ2v) is 1.94. The van der Waals surface area contributed by atoms with Crippen molar-refractivity contribution in [2.45, 2.75) is 0 Å². The average molecular weight is 179 g/mol. The van der Waals surface area contributed by atoms with E-state index in [-0.39, 0.29) is 18.9 Å². The largest absolute Gasteiger partial charge is 0.356 e. The zero-order valence-electron chi connectivity index (χ0n) is 6.91. The van der Waals surface area contributed by atoms with E-state index < -0.39 is 4.92 Å². The Hall–Kier alpha value is -2.14. The first-order valence-electron chi connectivity index (χ1n) is 3.40. The molecule has 0 aromatic rings. The molecule has 0 heterocycles. The van der Waals surface area contributed by atoms with Gasteiger partial charge in [-0.3, -0.25) is 10.1 Å². The first-order valence-corrected chi connectivity index (χ1v) is 3.40. The molecule has 5 nitrogen and oxygen atoms in total. The van der Waals surface area contributed by atoms with Crippen molar-refractivity contribution in [1.29, 1.82) is 0 Å². The van der Waals surface area contributed by atoms with Crippen LogP contribution in [0.3, 0.4) is 0 Å². The van der Waals surface area contributed by atoms with Gasteiger partial charge in [-0.2, -0.15) is 0 Å². The molecule has 0 aliphatic carbocycles. The van der Waals surface area contributed by atoms with Crippen LogP contribution in [0.4, 0.5) is 0 Å². The standard InChI is InChI=1S/C8H9N3O2/c1-3-5-9-8(7-11(12)13)10-6-4-2/h1-2,7,9-10H,5-6H2. The third kappa shape index (κ3) is 6.27. The third-order valence-electron chi connectivity index (χ3n) is 0.996. The number of hydrogen-bond acceptors (Lipinski definition) is 4. The van der Waals surface area contributed by atoms with Crippen LogP contribution in [0, 0.1) is 34.8 Å². The quantitative estimate of drug-likeness (QED) is 0.339. The summed E-state index contributed by atoms with van der Waals surface area (Å²) in [6.07, 6.45) is 10.7. The molecule has 0 saturated heterocycles. The van der Waals surface area contributed by atoms with Gasteiger partial charge in [0.15, 0.2) is 5.82 Å². The van der Waals surface area contributed by atoms with Crippen molar-refractivity contribution in [3.8, 4) is 24.7 Å². The summed E-state index contributed by atoms with van der Waals surface area (Å²) in [5.41, 5.74) is 0. The lowest BCUT2D eigenvalue weighted by molar-refractivity contribution is -0.404. The molecule has 0 aromatic heterocycles. The molecule has 0 aromatic carbocycles. The minimum absolute atomic E-state index is 0.206. The van der Waals surface area contributed by atoms with Crippen molar-refractivity contribution in [3.05, 3.63) is 22.1 Å². The SMILES string of the molecule is C#CCNC(=C[N+](=O)[O-])NCC#C. The average Bonchev–Trinajstić information content (AvgIpc) is 2.09. The maximum Gasteiger partial charge on any atom is 0.274 e. The summed E-state index contributed by atoms with van der Waals surface area (Å²) in [7, 11) is 0. The van der Waals surface area contributed by atoms with Gasteiger partial charge in [-0.25, -0.2) is 0 Å². The Labute approximate surface area is 76.4 Å². The number of terminal acetylenes is 2. The maximum absolute atomic E-state index is 10.1. The molecular weight excluding hydrogens is 170 g/mol. The van der Waals surface area contributed by atoms with E-state index in [1.54, 1.807) is 0 Å². The number of nitro groups is 1. The fourth-order valence-corrected chi connectivity index (χ4v) is 0.552. The summed E-state index contributed by atoms with van der Waals surface area (Å²) in [5, 5.41) is 15.3. The summed E-state index contributed by atoms with van der Waals surface area (Å²) in [6, 6.07) is 0. The van der Waals surface area contributed by atoms with Crippen molar-refractivity contribution in [2.75, 3.05) is 13.1 Å². The fourth-order valence-electron chi connectivity index (χ4n) is 0.552. The van der Waals surface area contributed by atoms with Crippen molar-refractivity contribution >= 4 is 0 Å². The van der Waals surface area contributed by atoms with Crippen molar-refractivity contribution < 1.29 is 4.92 Å². The zero-order valence-corrected chi connectivity index (χ0v) is 6.91. The summed E-state index contributed by atoms with van der Waals surface area (Å²) in [4.78, 5) is 9.49. The molecule has 0 spiro atoms. The Bertz CT molecular complexity index is 263. The Morgan fingerprint density at radius 1 is 1.38 bits per heavy atom. The summed E-state index contributed by atoms with van der Waals surface area (Å²) in [6.45, 7) is 0.411. The topological polar surface area (TPSA) is 67.2 Å². The second-order valence-electron chi connectivity index (χ2n) is 1.94. The molecule has 0 bridgehead atoms. The van der Waals surface area contributed by atoms with Crippen molar-refractivity contribution in [1.82, 2.24) is 10.6 Å². The van der Waals surface area contributed by atoms with E-state index in [0.29, 0.717) is 0 Å². The minimum atomic E-state index is -0.595. The zero-order chi connectivity index (χ0) is 10.1. The fraction of sp³-hybridized carbons (Fsp3) is 0.250. The molecule has 0 aliphatic rings. The molecule has 68 valence electrons. The summed E-state index contributed by atoms with van der Waals surface area (Å²) < 4.78 is 0. The second kappa shape index (κ2) is 6.56. The van der Waals surface area contributed by atoms with Crippen LogP contribution in [-0.4, -0.2) is 18.0 Å². The van der Waals surface area contributed by atoms with Gasteiger partial charge in [-0.15, -0.1) is 12.8 Å². The highest BCUT2D eigenvalue weighted by atomic mass is 16.6. The molecule has 2 N–H and O–H groups in total. The molecule has 13 heavy (non-hydrogen) atoms. The number of rotatable bonds is 5. The molecule has 0 amide bonds. The van der Waals surface area contributed by atoms with Crippen molar-refractivity contribution in [2.24, 2.45) is 0 Å². The van der Waals surface area contributed by atoms with E-state index in [9.17, 15) is 10.1 Å². The van der Waals surface area contributed by atoms with Gasteiger partial charge < -0.3 is 10.6 Å². The van der Waals surface area contributed by atoms with Gasteiger partial charge in [0.05, 0.1) is 18.0 Å². The van der Waals surface area contributed by atoms with Crippen LogP contribution in [0.25, 0.3) is 0 Å². The first-order chi connectivity index (χ1) is 6.20. The Morgan fingerprint density at radius 2 is 1.85 bits per heavy atom. The van der Waals surface area contributed by atoms with E-state index in [2.05, 4.69) is 22.5 Å². The molecule has 0 aliphatic heterocycles. The van der Waals surface area contributed by atoms with Gasteiger partial charge in [-0.1, -0.05) is 11.8 Å². The van der Waals surface area contributed by atoms with Crippen LogP contribution in [-0.2, 0) is 0 Å². The van der Waals surface area contributed by atoms with Crippen LogP contribution in [0.15, 0.2) is 12.0 Å². The lowest BCUT2D eigenvalue weighted by atomic mass is 10.5. The Balaban J connectivity index is 4.13. The van der Waals surface area contributed by atoms with Gasteiger partial charge in [-0.05, 0) is 0 Å². The third-order valence-corrected chi connectivity index (χ3v) is 0.996. The van der Waals surface area contributed by atoms with E-state index >= 15 is 0 Å². The van der Waals surface area contributed by atoms with E-state index in [4.69, 9.17) is 12.8 Å². The van der Waals surface area contributed by atoms with Gasteiger partial charge in [0.1, 0.15) is 0 Å². The van der Waals surface area contributed by atoms with Gasteiger partial charge >= 0.3 is 0 Å². The minimum Gasteiger partial charge on any atom is -0.356 e. The smallest absolute Gasteiger partial charge is 0.274 e. The molecular formula is C8H9N3O2. The molecule has 0 unspecified atom stereocenters. The summed E-state index contributed by atoms with van der Waals surface area (Å²) >= 11 is 0. The molecule has 0 atom stereocenters. The number of hydrogen-bond donors (Lipinski definition) is 2. The molecule has 0 radical (unpaired) electrons. The Kier molecular flexibility index (Phi) is 5.48. The van der Waals surface area contributed by atoms with Crippen LogP contribution in [0.1, 0.15) is 0 Å². The van der Waals surface area contributed by atoms with Crippen LogP contribution < -0.4 is 10.6 Å². The van der Waals surface area contributed by atoms with Crippen LogP contribution >= 0.6 is 0 Å². The predicted molar refractivity (Wildman–Crippen MR) is 48.7 cm³/mol. The first kappa shape index (κ1) is 10.9. The van der Waals surface area contributed by atoms with E-state index in [1.165, 1.54) is 0 Å². The highest BCUT2D eigenvalue weighted by Gasteiger charge is 1.98. The van der Waals surface area contributed by atoms with E-state index in [1.807, 2.05) is 0 Å².